The van der Waals surface area contributed by atoms with Crippen LogP contribution in [0.4, 0.5) is 0 Å². The Balaban J connectivity index is 1.56. The van der Waals surface area contributed by atoms with Gasteiger partial charge in [0.15, 0.2) is 6.61 Å². The van der Waals surface area contributed by atoms with E-state index in [1.807, 2.05) is 4.90 Å². The number of rotatable bonds is 3. The molecule has 1 amide bonds. The first-order valence-electron chi connectivity index (χ1n) is 7.59. The van der Waals surface area contributed by atoms with Crippen molar-refractivity contribution < 1.29 is 19.4 Å². The van der Waals surface area contributed by atoms with Crippen molar-refractivity contribution >= 4 is 5.91 Å². The molecule has 0 bridgehead atoms. The number of hydrogen-bond donors (Lipinski definition) is 1. The Kier molecular flexibility index (Phi) is 4.29. The standard InChI is InChI=1S/C16H21NO4/c18-14-10-21-15-9-12(5-6-13(14)15)20-11-16(19)17-7-3-1-2-4-8-17/h5-6,9,14,18H,1-4,7-8,10-11H2. The van der Waals surface area contributed by atoms with Gasteiger partial charge in [-0.3, -0.25) is 4.79 Å². The molecule has 2 aliphatic heterocycles. The van der Waals surface area contributed by atoms with Crippen LogP contribution in [0, 0.1) is 0 Å². The fraction of sp³-hybridized carbons (Fsp3) is 0.562. The average Bonchev–Trinajstić information content (AvgIpc) is 2.71. The summed E-state index contributed by atoms with van der Waals surface area (Å²) in [5.74, 6) is 1.28. The molecule has 2 heterocycles. The van der Waals surface area contributed by atoms with Crippen molar-refractivity contribution in [2.24, 2.45) is 0 Å². The van der Waals surface area contributed by atoms with E-state index in [0.717, 1.165) is 31.5 Å². The molecule has 0 radical (unpaired) electrons. The van der Waals surface area contributed by atoms with Crippen LogP contribution in [-0.2, 0) is 4.79 Å². The average molecular weight is 291 g/mol. The molecule has 3 rings (SSSR count). The smallest absolute Gasteiger partial charge is 0.260 e. The van der Waals surface area contributed by atoms with E-state index in [9.17, 15) is 9.90 Å². The molecule has 1 N–H and O–H groups in total. The first kappa shape index (κ1) is 14.2. The second kappa shape index (κ2) is 6.35. The first-order chi connectivity index (χ1) is 10.2. The van der Waals surface area contributed by atoms with Crippen LogP contribution in [0.3, 0.4) is 0 Å². The minimum Gasteiger partial charge on any atom is -0.490 e. The molecule has 21 heavy (non-hydrogen) atoms. The van der Waals surface area contributed by atoms with Gasteiger partial charge in [-0.15, -0.1) is 0 Å². The maximum atomic E-state index is 12.1. The van der Waals surface area contributed by atoms with E-state index in [4.69, 9.17) is 9.47 Å². The number of carbonyl (C=O) groups excluding carboxylic acids is 1. The summed E-state index contributed by atoms with van der Waals surface area (Å²) in [6.45, 7) is 2.01. The molecule has 0 aliphatic carbocycles. The normalized spacial score (nSPS) is 21.4. The number of fused-ring (bicyclic) bond motifs is 1. The molecule has 1 fully saturated rings. The molecule has 114 valence electrons. The van der Waals surface area contributed by atoms with Crippen molar-refractivity contribution in [3.05, 3.63) is 23.8 Å². The minimum absolute atomic E-state index is 0.0401. The van der Waals surface area contributed by atoms with Crippen molar-refractivity contribution in [1.82, 2.24) is 4.90 Å². The van der Waals surface area contributed by atoms with Gasteiger partial charge in [0, 0.05) is 24.7 Å². The van der Waals surface area contributed by atoms with Crippen LogP contribution in [-0.4, -0.2) is 42.2 Å². The van der Waals surface area contributed by atoms with Crippen molar-refractivity contribution in [3.63, 3.8) is 0 Å². The molecule has 0 saturated carbocycles. The van der Waals surface area contributed by atoms with E-state index < -0.39 is 6.10 Å². The summed E-state index contributed by atoms with van der Waals surface area (Å²) in [6, 6.07) is 5.30. The van der Waals surface area contributed by atoms with Crippen molar-refractivity contribution in [3.8, 4) is 11.5 Å². The maximum absolute atomic E-state index is 12.1. The first-order valence-corrected chi connectivity index (χ1v) is 7.59. The fourth-order valence-corrected chi connectivity index (χ4v) is 2.82. The second-order valence-electron chi connectivity index (χ2n) is 5.61. The summed E-state index contributed by atoms with van der Waals surface area (Å²) >= 11 is 0. The lowest BCUT2D eigenvalue weighted by Crippen LogP contribution is -2.35. The monoisotopic (exact) mass is 291 g/mol. The number of ether oxygens (including phenoxy) is 2. The van der Waals surface area contributed by atoms with Crippen molar-refractivity contribution in [1.29, 1.82) is 0 Å². The van der Waals surface area contributed by atoms with E-state index in [1.165, 1.54) is 12.8 Å². The molecule has 5 heteroatoms. The SMILES string of the molecule is O=C(COc1ccc2c(c1)OCC2O)N1CCCCCC1. The lowest BCUT2D eigenvalue weighted by molar-refractivity contribution is -0.133. The molecule has 1 saturated heterocycles. The molecule has 1 unspecified atom stereocenters. The fourth-order valence-electron chi connectivity index (χ4n) is 2.82. The molecular formula is C16H21NO4. The Labute approximate surface area is 124 Å². The Hall–Kier alpha value is -1.75. The molecule has 0 aromatic heterocycles. The summed E-state index contributed by atoms with van der Waals surface area (Å²) in [7, 11) is 0. The van der Waals surface area contributed by atoms with E-state index >= 15 is 0 Å². The van der Waals surface area contributed by atoms with E-state index in [1.54, 1.807) is 18.2 Å². The Morgan fingerprint density at radius 2 is 2.05 bits per heavy atom. The topological polar surface area (TPSA) is 59.0 Å². The van der Waals surface area contributed by atoms with Crippen LogP contribution >= 0.6 is 0 Å². The van der Waals surface area contributed by atoms with Gasteiger partial charge in [-0.1, -0.05) is 12.8 Å². The van der Waals surface area contributed by atoms with E-state index in [2.05, 4.69) is 0 Å². The van der Waals surface area contributed by atoms with Crippen LogP contribution in [0.5, 0.6) is 11.5 Å². The van der Waals surface area contributed by atoms with Crippen LogP contribution in [0.15, 0.2) is 18.2 Å². The summed E-state index contributed by atoms with van der Waals surface area (Å²) < 4.78 is 10.9. The molecule has 5 nitrogen and oxygen atoms in total. The van der Waals surface area contributed by atoms with Gasteiger partial charge in [0.2, 0.25) is 0 Å². The molecule has 1 aromatic rings. The lowest BCUT2D eigenvalue weighted by atomic mass is 10.1. The summed E-state index contributed by atoms with van der Waals surface area (Å²) in [6.07, 6.45) is 4.00. The largest absolute Gasteiger partial charge is 0.490 e. The van der Waals surface area contributed by atoms with Crippen molar-refractivity contribution in [2.75, 3.05) is 26.3 Å². The Morgan fingerprint density at radius 1 is 1.29 bits per heavy atom. The van der Waals surface area contributed by atoms with Crippen LogP contribution in [0.2, 0.25) is 0 Å². The number of aliphatic hydroxyl groups is 1. The number of carbonyl (C=O) groups is 1. The predicted octanol–water partition coefficient (Wildman–Crippen LogP) is 1.89. The van der Waals surface area contributed by atoms with Crippen LogP contribution in [0.1, 0.15) is 37.4 Å². The maximum Gasteiger partial charge on any atom is 0.260 e. The highest BCUT2D eigenvalue weighted by Crippen LogP contribution is 2.35. The van der Waals surface area contributed by atoms with E-state index in [0.29, 0.717) is 11.5 Å². The predicted molar refractivity (Wildman–Crippen MR) is 77.4 cm³/mol. The third-order valence-electron chi connectivity index (χ3n) is 4.06. The number of hydrogen-bond acceptors (Lipinski definition) is 4. The van der Waals surface area contributed by atoms with Gasteiger partial charge in [-0.25, -0.2) is 0 Å². The third-order valence-corrected chi connectivity index (χ3v) is 4.06. The van der Waals surface area contributed by atoms with Gasteiger partial charge in [-0.05, 0) is 25.0 Å². The Morgan fingerprint density at radius 3 is 2.81 bits per heavy atom. The molecule has 2 aliphatic rings. The van der Waals surface area contributed by atoms with Crippen LogP contribution in [0.25, 0.3) is 0 Å². The molecule has 1 aromatic carbocycles. The zero-order chi connectivity index (χ0) is 14.7. The second-order valence-corrected chi connectivity index (χ2v) is 5.61. The number of nitrogens with zero attached hydrogens (tertiary/aromatic N) is 1. The highest BCUT2D eigenvalue weighted by molar-refractivity contribution is 5.77. The van der Waals surface area contributed by atoms with Crippen molar-refractivity contribution in [2.45, 2.75) is 31.8 Å². The Bertz CT molecular complexity index is 509. The summed E-state index contributed by atoms with van der Waals surface area (Å²) in [4.78, 5) is 14.0. The van der Waals surface area contributed by atoms with Crippen LogP contribution < -0.4 is 9.47 Å². The number of likely N-dealkylation sites (tertiary alicyclic amines) is 1. The van der Waals surface area contributed by atoms with Gasteiger partial charge in [0.05, 0.1) is 0 Å². The number of aliphatic hydroxyl groups excluding tert-OH is 1. The number of amides is 1. The molecule has 1 atom stereocenters. The third kappa shape index (κ3) is 3.29. The van der Waals surface area contributed by atoms with Gasteiger partial charge in [-0.2, -0.15) is 0 Å². The highest BCUT2D eigenvalue weighted by atomic mass is 16.5. The van der Waals surface area contributed by atoms with Gasteiger partial charge < -0.3 is 19.5 Å². The number of benzene rings is 1. The zero-order valence-corrected chi connectivity index (χ0v) is 12.1. The lowest BCUT2D eigenvalue weighted by Gasteiger charge is -2.20. The van der Waals surface area contributed by atoms with Gasteiger partial charge >= 0.3 is 0 Å². The zero-order valence-electron chi connectivity index (χ0n) is 12.1. The summed E-state index contributed by atoms with van der Waals surface area (Å²) in [5.41, 5.74) is 0.779. The highest BCUT2D eigenvalue weighted by Gasteiger charge is 2.22. The quantitative estimate of drug-likeness (QED) is 0.924. The summed E-state index contributed by atoms with van der Waals surface area (Å²) in [5, 5.41) is 9.66. The van der Waals surface area contributed by atoms with Gasteiger partial charge in [0.25, 0.3) is 5.91 Å². The van der Waals surface area contributed by atoms with E-state index in [-0.39, 0.29) is 19.1 Å². The molecular weight excluding hydrogens is 270 g/mol. The van der Waals surface area contributed by atoms with Gasteiger partial charge in [0.1, 0.15) is 24.2 Å². The minimum atomic E-state index is -0.562. The molecule has 0 spiro atoms.